The van der Waals surface area contributed by atoms with Crippen LogP contribution in [0.15, 0.2) is 30.5 Å². The van der Waals surface area contributed by atoms with Crippen molar-refractivity contribution in [2.24, 2.45) is 5.92 Å². The van der Waals surface area contributed by atoms with Crippen LogP contribution < -0.4 is 0 Å². The molecule has 5 nitrogen and oxygen atoms in total. The molecule has 3 rings (SSSR count). The Balaban J connectivity index is 1.75. The maximum atomic E-state index is 12.9. The number of nitrogens with zero attached hydrogens (tertiary/aromatic N) is 4. The maximum Gasteiger partial charge on any atom is 0.393 e. The average Bonchev–Trinajstić information content (AvgIpc) is 3.04. The number of alkyl halides is 3. The van der Waals surface area contributed by atoms with Crippen LogP contribution in [0.4, 0.5) is 13.2 Å². The molecule has 8 heteroatoms. The summed E-state index contributed by atoms with van der Waals surface area (Å²) in [6.07, 6.45) is -2.44. The first-order chi connectivity index (χ1) is 11.3. The van der Waals surface area contributed by atoms with Gasteiger partial charge in [-0.3, -0.25) is 4.79 Å². The van der Waals surface area contributed by atoms with Gasteiger partial charge in [-0.1, -0.05) is 22.9 Å². The molecule has 1 fully saturated rings. The summed E-state index contributed by atoms with van der Waals surface area (Å²) in [4.78, 5) is 13.6. The highest BCUT2D eigenvalue weighted by atomic mass is 19.4. The van der Waals surface area contributed by atoms with Crippen LogP contribution >= 0.6 is 0 Å². The maximum absolute atomic E-state index is 12.9. The number of halogens is 3. The van der Waals surface area contributed by atoms with Gasteiger partial charge in [-0.2, -0.15) is 13.2 Å². The largest absolute Gasteiger partial charge is 0.393 e. The van der Waals surface area contributed by atoms with Crippen LogP contribution in [0, 0.1) is 12.8 Å². The standard InChI is InChI=1S/C16H17F3N4O/c1-11-4-6-13(7-5-11)23-10-14(20-21-23)15(24)22-8-2-3-12(9-22)16(17,18)19/h4-7,10,12H,2-3,8-9H2,1H3/t12-/m0/s1. The average molecular weight is 338 g/mol. The molecule has 0 bridgehead atoms. The Morgan fingerprint density at radius 2 is 1.96 bits per heavy atom. The van der Waals surface area contributed by atoms with Gasteiger partial charge in [0.25, 0.3) is 5.91 Å². The second kappa shape index (κ2) is 6.26. The van der Waals surface area contributed by atoms with Gasteiger partial charge in [0.15, 0.2) is 5.69 Å². The van der Waals surface area contributed by atoms with Crippen molar-refractivity contribution >= 4 is 5.91 Å². The molecule has 0 spiro atoms. The minimum Gasteiger partial charge on any atom is -0.337 e. The van der Waals surface area contributed by atoms with E-state index in [0.717, 1.165) is 11.3 Å². The van der Waals surface area contributed by atoms with Gasteiger partial charge in [0.05, 0.1) is 17.8 Å². The Bertz CT molecular complexity index is 724. The molecule has 1 atom stereocenters. The second-order valence-electron chi connectivity index (χ2n) is 6.02. The molecule has 1 aromatic heterocycles. The predicted octanol–water partition coefficient (Wildman–Crippen LogP) is 2.99. The second-order valence-corrected chi connectivity index (χ2v) is 6.02. The number of benzene rings is 1. The molecule has 0 N–H and O–H groups in total. The van der Waals surface area contributed by atoms with Crippen molar-refractivity contribution in [2.45, 2.75) is 25.9 Å². The quantitative estimate of drug-likeness (QED) is 0.846. The summed E-state index contributed by atoms with van der Waals surface area (Å²) in [5.74, 6) is -1.98. The third kappa shape index (κ3) is 3.42. The lowest BCUT2D eigenvalue weighted by atomic mass is 9.97. The number of likely N-dealkylation sites (tertiary alicyclic amines) is 1. The molecule has 24 heavy (non-hydrogen) atoms. The minimum atomic E-state index is -4.28. The Morgan fingerprint density at radius 3 is 2.62 bits per heavy atom. The van der Waals surface area contributed by atoms with E-state index in [1.165, 1.54) is 15.8 Å². The SMILES string of the molecule is Cc1ccc(-n2cc(C(=O)N3CCC[C@H](C(F)(F)F)C3)nn2)cc1. The molecule has 1 aliphatic heterocycles. The summed E-state index contributed by atoms with van der Waals surface area (Å²) >= 11 is 0. The molecule has 1 saturated heterocycles. The number of hydrogen-bond acceptors (Lipinski definition) is 3. The van der Waals surface area contributed by atoms with Crippen molar-refractivity contribution in [3.05, 3.63) is 41.7 Å². The van der Waals surface area contributed by atoms with E-state index in [1.807, 2.05) is 31.2 Å². The Kier molecular flexibility index (Phi) is 4.29. The lowest BCUT2D eigenvalue weighted by Crippen LogP contribution is -2.44. The summed E-state index contributed by atoms with van der Waals surface area (Å²) in [6.45, 7) is 1.94. The van der Waals surface area contributed by atoms with E-state index in [1.54, 1.807) is 0 Å². The number of amides is 1. The van der Waals surface area contributed by atoms with Crippen LogP contribution in [0.2, 0.25) is 0 Å². The first-order valence-corrected chi connectivity index (χ1v) is 7.70. The van der Waals surface area contributed by atoms with Gasteiger partial charge in [0.2, 0.25) is 0 Å². The minimum absolute atomic E-state index is 0.0541. The Hall–Kier alpha value is -2.38. The van der Waals surface area contributed by atoms with E-state index in [0.29, 0.717) is 13.0 Å². The molecule has 1 aromatic carbocycles. The summed E-state index contributed by atoms with van der Waals surface area (Å²) in [5.41, 5.74) is 1.87. The summed E-state index contributed by atoms with van der Waals surface area (Å²) in [6, 6.07) is 7.46. The molecule has 2 aromatic rings. The van der Waals surface area contributed by atoms with Crippen LogP contribution in [0.25, 0.3) is 5.69 Å². The van der Waals surface area contributed by atoms with Crippen molar-refractivity contribution in [1.82, 2.24) is 19.9 Å². The lowest BCUT2D eigenvalue weighted by Gasteiger charge is -2.33. The van der Waals surface area contributed by atoms with Gasteiger partial charge in [-0.05, 0) is 31.9 Å². The van der Waals surface area contributed by atoms with Crippen molar-refractivity contribution in [1.29, 1.82) is 0 Å². The molecular formula is C16H17F3N4O. The third-order valence-corrected chi connectivity index (χ3v) is 4.18. The van der Waals surface area contributed by atoms with Gasteiger partial charge < -0.3 is 4.90 Å². The normalized spacial score (nSPS) is 18.7. The lowest BCUT2D eigenvalue weighted by molar-refractivity contribution is -0.184. The molecule has 0 radical (unpaired) electrons. The molecule has 1 amide bonds. The monoisotopic (exact) mass is 338 g/mol. The highest BCUT2D eigenvalue weighted by Gasteiger charge is 2.43. The molecule has 0 aliphatic carbocycles. The molecule has 0 saturated carbocycles. The number of rotatable bonds is 2. The Labute approximate surface area is 137 Å². The summed E-state index contributed by atoms with van der Waals surface area (Å²) in [7, 11) is 0. The number of piperidine rings is 1. The third-order valence-electron chi connectivity index (χ3n) is 4.18. The fraction of sp³-hybridized carbons (Fsp3) is 0.438. The first kappa shape index (κ1) is 16.5. The molecule has 0 unspecified atom stereocenters. The number of carbonyl (C=O) groups is 1. The fourth-order valence-corrected chi connectivity index (χ4v) is 2.78. The van der Waals surface area contributed by atoms with Crippen molar-refractivity contribution < 1.29 is 18.0 Å². The smallest absolute Gasteiger partial charge is 0.337 e. The van der Waals surface area contributed by atoms with E-state index in [4.69, 9.17) is 0 Å². The van der Waals surface area contributed by atoms with Gasteiger partial charge in [0, 0.05) is 13.1 Å². The number of hydrogen-bond donors (Lipinski definition) is 0. The van der Waals surface area contributed by atoms with Crippen LogP contribution in [0.1, 0.15) is 28.9 Å². The number of aryl methyl sites for hydroxylation is 1. The molecular weight excluding hydrogens is 321 g/mol. The van der Waals surface area contributed by atoms with Gasteiger partial charge in [-0.25, -0.2) is 4.68 Å². The van der Waals surface area contributed by atoms with Crippen LogP contribution in [-0.4, -0.2) is 45.1 Å². The molecule has 1 aliphatic rings. The topological polar surface area (TPSA) is 51.0 Å². The zero-order valence-electron chi connectivity index (χ0n) is 13.1. The highest BCUT2D eigenvalue weighted by Crippen LogP contribution is 2.33. The van der Waals surface area contributed by atoms with Crippen molar-refractivity contribution in [3.8, 4) is 5.69 Å². The zero-order valence-corrected chi connectivity index (χ0v) is 13.1. The predicted molar refractivity (Wildman–Crippen MR) is 80.8 cm³/mol. The van der Waals surface area contributed by atoms with Gasteiger partial charge in [-0.15, -0.1) is 5.10 Å². The Morgan fingerprint density at radius 1 is 1.25 bits per heavy atom. The van der Waals surface area contributed by atoms with Crippen molar-refractivity contribution in [2.75, 3.05) is 13.1 Å². The highest BCUT2D eigenvalue weighted by molar-refractivity contribution is 5.92. The van der Waals surface area contributed by atoms with Gasteiger partial charge in [0.1, 0.15) is 0 Å². The van der Waals surface area contributed by atoms with E-state index in [9.17, 15) is 18.0 Å². The van der Waals surface area contributed by atoms with Crippen LogP contribution in [0.3, 0.4) is 0 Å². The van der Waals surface area contributed by atoms with Crippen molar-refractivity contribution in [3.63, 3.8) is 0 Å². The number of carbonyl (C=O) groups excluding carboxylic acids is 1. The zero-order chi connectivity index (χ0) is 17.3. The van der Waals surface area contributed by atoms with Gasteiger partial charge >= 0.3 is 6.18 Å². The fourth-order valence-electron chi connectivity index (χ4n) is 2.78. The summed E-state index contributed by atoms with van der Waals surface area (Å²) in [5, 5.41) is 7.71. The molecule has 128 valence electrons. The van der Waals surface area contributed by atoms with E-state index in [-0.39, 0.29) is 18.7 Å². The van der Waals surface area contributed by atoms with Crippen LogP contribution in [-0.2, 0) is 0 Å². The van der Waals surface area contributed by atoms with E-state index < -0.39 is 18.0 Å². The first-order valence-electron chi connectivity index (χ1n) is 7.70. The summed E-state index contributed by atoms with van der Waals surface area (Å²) < 4.78 is 40.0. The van der Waals surface area contributed by atoms with Crippen LogP contribution in [0.5, 0.6) is 0 Å². The molecule has 2 heterocycles. The van der Waals surface area contributed by atoms with E-state index in [2.05, 4.69) is 10.3 Å². The number of aromatic nitrogens is 3. The van der Waals surface area contributed by atoms with E-state index >= 15 is 0 Å².